The molecule has 24 heavy (non-hydrogen) atoms. The van der Waals surface area contributed by atoms with Crippen molar-refractivity contribution in [1.82, 2.24) is 10.1 Å². The van der Waals surface area contributed by atoms with Gasteiger partial charge in [-0.05, 0) is 31.9 Å². The number of amides is 2. The number of ether oxygens (including phenoxy) is 2. The molecule has 0 saturated carbocycles. The van der Waals surface area contributed by atoms with Gasteiger partial charge in [0, 0.05) is 18.7 Å². The second kappa shape index (κ2) is 6.82. The molecule has 2 heterocycles. The average Bonchev–Trinajstić information content (AvgIpc) is 3.23. The van der Waals surface area contributed by atoms with Crippen LogP contribution < -0.4 is 14.8 Å². The number of benzene rings is 1. The Kier molecular flexibility index (Phi) is 4.59. The number of rotatable bonds is 4. The fourth-order valence-electron chi connectivity index (χ4n) is 2.96. The van der Waals surface area contributed by atoms with Gasteiger partial charge in [0.05, 0.1) is 25.9 Å². The van der Waals surface area contributed by atoms with Crippen LogP contribution in [0.25, 0.3) is 0 Å². The number of hydrogen-bond acceptors (Lipinski definition) is 5. The molecule has 3 rings (SSSR count). The molecule has 1 aliphatic heterocycles. The summed E-state index contributed by atoms with van der Waals surface area (Å²) in [7, 11) is 3.14. The van der Waals surface area contributed by atoms with Gasteiger partial charge >= 0.3 is 6.03 Å². The maximum atomic E-state index is 12.7. The summed E-state index contributed by atoms with van der Waals surface area (Å²) < 4.78 is 15.7. The third kappa shape index (κ3) is 3.15. The van der Waals surface area contributed by atoms with E-state index < -0.39 is 0 Å². The molecule has 1 atom stereocenters. The Hall–Kier alpha value is -2.70. The van der Waals surface area contributed by atoms with E-state index in [1.807, 2.05) is 13.0 Å². The average molecular weight is 331 g/mol. The topological polar surface area (TPSA) is 76.8 Å². The molecule has 1 fully saturated rings. The molecule has 1 aliphatic rings. The van der Waals surface area contributed by atoms with Gasteiger partial charge in [-0.1, -0.05) is 5.16 Å². The minimum atomic E-state index is -0.190. The lowest BCUT2D eigenvalue weighted by atomic mass is 10.1. The lowest BCUT2D eigenvalue weighted by Gasteiger charge is -2.24. The van der Waals surface area contributed by atoms with Gasteiger partial charge in [0.2, 0.25) is 0 Å². The Morgan fingerprint density at radius 3 is 2.83 bits per heavy atom. The first-order chi connectivity index (χ1) is 11.6. The molecule has 128 valence electrons. The third-order valence-corrected chi connectivity index (χ3v) is 4.15. The molecule has 0 bridgehead atoms. The van der Waals surface area contributed by atoms with E-state index in [0.29, 0.717) is 23.7 Å². The van der Waals surface area contributed by atoms with E-state index in [-0.39, 0.29) is 12.1 Å². The molecule has 1 aromatic heterocycles. The summed E-state index contributed by atoms with van der Waals surface area (Å²) >= 11 is 0. The van der Waals surface area contributed by atoms with Crippen molar-refractivity contribution in [2.45, 2.75) is 25.8 Å². The second-order valence-electron chi connectivity index (χ2n) is 5.71. The number of methoxy groups -OCH3 is 2. The van der Waals surface area contributed by atoms with Crippen LogP contribution in [-0.2, 0) is 0 Å². The summed E-state index contributed by atoms with van der Waals surface area (Å²) in [6.45, 7) is 2.52. The Bertz CT molecular complexity index is 728. The minimum Gasteiger partial charge on any atom is -0.497 e. The normalized spacial score (nSPS) is 17.0. The highest BCUT2D eigenvalue weighted by Gasteiger charge is 2.32. The Balaban J connectivity index is 1.79. The van der Waals surface area contributed by atoms with E-state index in [4.69, 9.17) is 14.0 Å². The van der Waals surface area contributed by atoms with E-state index in [1.54, 1.807) is 37.3 Å². The summed E-state index contributed by atoms with van der Waals surface area (Å²) in [6.07, 6.45) is 1.80. The molecule has 0 radical (unpaired) electrons. The van der Waals surface area contributed by atoms with E-state index in [2.05, 4.69) is 10.5 Å². The Morgan fingerprint density at radius 2 is 2.17 bits per heavy atom. The molecule has 1 aromatic carbocycles. The number of anilines is 1. The van der Waals surface area contributed by atoms with Crippen LogP contribution >= 0.6 is 0 Å². The van der Waals surface area contributed by atoms with Crippen LogP contribution in [0.4, 0.5) is 10.5 Å². The van der Waals surface area contributed by atoms with Gasteiger partial charge in [0.15, 0.2) is 0 Å². The standard InChI is InChI=1S/C17H21N3O4/c1-11-9-13(19-24-11)15-5-4-8-20(15)17(21)18-14-10-12(22-2)6-7-16(14)23-3/h6-7,9-10,15H,4-5,8H2,1-3H3,(H,18,21)/t15-/m1/s1. The number of aromatic nitrogens is 1. The van der Waals surface area contributed by atoms with Gasteiger partial charge in [-0.15, -0.1) is 0 Å². The summed E-state index contributed by atoms with van der Waals surface area (Å²) in [6, 6.07) is 6.90. The largest absolute Gasteiger partial charge is 0.497 e. The van der Waals surface area contributed by atoms with Crippen LogP contribution in [0.5, 0.6) is 11.5 Å². The summed E-state index contributed by atoms with van der Waals surface area (Å²) in [5.41, 5.74) is 1.36. The number of aryl methyl sites for hydroxylation is 1. The fraction of sp³-hybridized carbons (Fsp3) is 0.412. The van der Waals surface area contributed by atoms with Gasteiger partial charge in [-0.25, -0.2) is 4.79 Å². The predicted octanol–water partition coefficient (Wildman–Crippen LogP) is 3.37. The van der Waals surface area contributed by atoms with Crippen molar-refractivity contribution >= 4 is 11.7 Å². The van der Waals surface area contributed by atoms with Crippen molar-refractivity contribution in [3.63, 3.8) is 0 Å². The summed E-state index contributed by atoms with van der Waals surface area (Å²) in [4.78, 5) is 14.5. The van der Waals surface area contributed by atoms with Crippen molar-refractivity contribution < 1.29 is 18.8 Å². The number of nitrogens with zero attached hydrogens (tertiary/aromatic N) is 2. The summed E-state index contributed by atoms with van der Waals surface area (Å²) in [5.74, 6) is 1.97. The van der Waals surface area contributed by atoms with Crippen molar-refractivity contribution in [1.29, 1.82) is 0 Å². The smallest absolute Gasteiger partial charge is 0.322 e. The van der Waals surface area contributed by atoms with Crippen LogP contribution in [0.1, 0.15) is 30.3 Å². The van der Waals surface area contributed by atoms with Crippen LogP contribution in [0, 0.1) is 6.92 Å². The van der Waals surface area contributed by atoms with E-state index in [0.717, 1.165) is 24.3 Å². The fourth-order valence-corrected chi connectivity index (χ4v) is 2.96. The van der Waals surface area contributed by atoms with Crippen molar-refractivity contribution in [2.75, 3.05) is 26.1 Å². The molecular weight excluding hydrogens is 310 g/mol. The highest BCUT2D eigenvalue weighted by Crippen LogP contribution is 2.34. The third-order valence-electron chi connectivity index (χ3n) is 4.15. The Labute approximate surface area is 140 Å². The quantitative estimate of drug-likeness (QED) is 0.929. The monoisotopic (exact) mass is 331 g/mol. The molecule has 0 spiro atoms. The van der Waals surface area contributed by atoms with Gasteiger partial charge in [0.25, 0.3) is 0 Å². The number of hydrogen-bond donors (Lipinski definition) is 1. The predicted molar refractivity (Wildman–Crippen MR) is 88.5 cm³/mol. The lowest BCUT2D eigenvalue weighted by molar-refractivity contribution is 0.204. The number of carbonyl (C=O) groups excluding carboxylic acids is 1. The Morgan fingerprint density at radius 1 is 1.33 bits per heavy atom. The first-order valence-electron chi connectivity index (χ1n) is 7.85. The summed E-state index contributed by atoms with van der Waals surface area (Å²) in [5, 5.41) is 6.97. The molecule has 2 aromatic rings. The van der Waals surface area contributed by atoms with E-state index >= 15 is 0 Å². The maximum Gasteiger partial charge on any atom is 0.322 e. The molecule has 2 amide bonds. The zero-order chi connectivity index (χ0) is 17.1. The highest BCUT2D eigenvalue weighted by molar-refractivity contribution is 5.91. The van der Waals surface area contributed by atoms with Crippen LogP contribution in [0.3, 0.4) is 0 Å². The SMILES string of the molecule is COc1ccc(OC)c(NC(=O)N2CCC[C@@H]2c2cc(C)on2)c1. The number of likely N-dealkylation sites (tertiary alicyclic amines) is 1. The first-order valence-corrected chi connectivity index (χ1v) is 7.85. The molecule has 7 heteroatoms. The number of carbonyl (C=O) groups is 1. The van der Waals surface area contributed by atoms with Gasteiger partial charge in [-0.2, -0.15) is 0 Å². The minimum absolute atomic E-state index is 0.0703. The first kappa shape index (κ1) is 16.2. The van der Waals surface area contributed by atoms with Gasteiger partial charge in [-0.3, -0.25) is 0 Å². The van der Waals surface area contributed by atoms with Crippen molar-refractivity contribution in [2.24, 2.45) is 0 Å². The number of urea groups is 1. The van der Waals surface area contributed by atoms with Gasteiger partial charge < -0.3 is 24.2 Å². The van der Waals surface area contributed by atoms with Crippen LogP contribution in [-0.4, -0.2) is 36.9 Å². The lowest BCUT2D eigenvalue weighted by Crippen LogP contribution is -2.34. The second-order valence-corrected chi connectivity index (χ2v) is 5.71. The van der Waals surface area contributed by atoms with Crippen LogP contribution in [0.15, 0.2) is 28.8 Å². The molecular formula is C17H21N3O4. The van der Waals surface area contributed by atoms with Crippen molar-refractivity contribution in [3.05, 3.63) is 35.7 Å². The maximum absolute atomic E-state index is 12.7. The number of nitrogens with one attached hydrogen (secondary N) is 1. The zero-order valence-corrected chi connectivity index (χ0v) is 14.0. The molecule has 1 N–H and O–H groups in total. The van der Waals surface area contributed by atoms with Gasteiger partial charge in [0.1, 0.15) is 23.0 Å². The highest BCUT2D eigenvalue weighted by atomic mass is 16.5. The molecule has 1 saturated heterocycles. The van der Waals surface area contributed by atoms with Crippen LogP contribution in [0.2, 0.25) is 0 Å². The molecule has 0 unspecified atom stereocenters. The van der Waals surface area contributed by atoms with E-state index in [9.17, 15) is 4.79 Å². The zero-order valence-electron chi connectivity index (χ0n) is 14.0. The van der Waals surface area contributed by atoms with Crippen molar-refractivity contribution in [3.8, 4) is 11.5 Å². The van der Waals surface area contributed by atoms with E-state index in [1.165, 1.54) is 0 Å². The molecule has 0 aliphatic carbocycles. The molecule has 7 nitrogen and oxygen atoms in total.